The highest BCUT2D eigenvalue weighted by atomic mass is 35.5. The second-order valence-corrected chi connectivity index (χ2v) is 7.90. The van der Waals surface area contributed by atoms with Gasteiger partial charge in [0.1, 0.15) is 18.1 Å². The Labute approximate surface area is 196 Å². The van der Waals surface area contributed by atoms with Gasteiger partial charge in [-0.3, -0.25) is 14.6 Å². The number of benzene rings is 2. The molecular weight excluding hydrogens is 440 g/mol. The smallest absolute Gasteiger partial charge is 0.295 e. The normalized spacial score (nSPS) is 17.2. The fourth-order valence-electron chi connectivity index (χ4n) is 3.77. The van der Waals surface area contributed by atoms with E-state index in [2.05, 4.69) is 11.6 Å². The van der Waals surface area contributed by atoms with Crippen molar-refractivity contribution in [3.63, 3.8) is 0 Å². The van der Waals surface area contributed by atoms with Gasteiger partial charge < -0.3 is 14.7 Å². The summed E-state index contributed by atoms with van der Waals surface area (Å²) in [6.07, 6.45) is 4.90. The number of halogens is 1. The van der Waals surface area contributed by atoms with Gasteiger partial charge in [-0.2, -0.15) is 0 Å². The zero-order valence-electron chi connectivity index (χ0n) is 17.6. The van der Waals surface area contributed by atoms with Crippen LogP contribution in [0.25, 0.3) is 5.76 Å². The Morgan fingerprint density at radius 3 is 2.64 bits per heavy atom. The SMILES string of the molecule is C=CCOc1cccc(C2/C(=C(/O)c3ccc(Cl)cc3)C(=O)C(=O)N2Cc2cccnc2)c1. The highest BCUT2D eigenvalue weighted by molar-refractivity contribution is 6.46. The van der Waals surface area contributed by atoms with E-state index in [0.717, 1.165) is 5.56 Å². The number of aromatic nitrogens is 1. The van der Waals surface area contributed by atoms with Crippen LogP contribution in [-0.4, -0.2) is 33.3 Å². The van der Waals surface area contributed by atoms with Crippen molar-refractivity contribution in [3.8, 4) is 5.75 Å². The zero-order valence-corrected chi connectivity index (χ0v) is 18.4. The molecule has 0 saturated carbocycles. The Bertz CT molecular complexity index is 1220. The molecule has 0 aliphatic carbocycles. The highest BCUT2D eigenvalue weighted by Crippen LogP contribution is 2.41. The maximum Gasteiger partial charge on any atom is 0.295 e. The largest absolute Gasteiger partial charge is 0.507 e. The van der Waals surface area contributed by atoms with E-state index in [4.69, 9.17) is 16.3 Å². The third kappa shape index (κ3) is 4.66. The van der Waals surface area contributed by atoms with E-state index >= 15 is 0 Å². The van der Waals surface area contributed by atoms with Crippen molar-refractivity contribution >= 4 is 29.1 Å². The van der Waals surface area contributed by atoms with E-state index < -0.39 is 17.7 Å². The Balaban J connectivity index is 1.84. The molecule has 33 heavy (non-hydrogen) atoms. The lowest BCUT2D eigenvalue weighted by Gasteiger charge is -2.25. The van der Waals surface area contributed by atoms with Crippen LogP contribution >= 0.6 is 11.6 Å². The molecule has 1 fully saturated rings. The lowest BCUT2D eigenvalue weighted by Crippen LogP contribution is -2.29. The third-order valence-electron chi connectivity index (χ3n) is 5.28. The molecule has 166 valence electrons. The van der Waals surface area contributed by atoms with Crippen molar-refractivity contribution in [1.29, 1.82) is 0 Å². The summed E-state index contributed by atoms with van der Waals surface area (Å²) in [7, 11) is 0. The molecule has 1 atom stereocenters. The van der Waals surface area contributed by atoms with Crippen LogP contribution in [0.5, 0.6) is 5.75 Å². The number of hydrogen-bond donors (Lipinski definition) is 1. The monoisotopic (exact) mass is 460 g/mol. The second-order valence-electron chi connectivity index (χ2n) is 7.47. The molecule has 0 radical (unpaired) electrons. The van der Waals surface area contributed by atoms with Crippen molar-refractivity contribution in [1.82, 2.24) is 9.88 Å². The third-order valence-corrected chi connectivity index (χ3v) is 5.53. The maximum atomic E-state index is 13.1. The number of carbonyl (C=O) groups excluding carboxylic acids is 2. The molecule has 2 heterocycles. The minimum Gasteiger partial charge on any atom is -0.507 e. The molecule has 2 aromatic carbocycles. The van der Waals surface area contributed by atoms with Crippen LogP contribution in [-0.2, 0) is 16.1 Å². The van der Waals surface area contributed by atoms with Gasteiger partial charge in [0.2, 0.25) is 0 Å². The molecule has 1 N–H and O–H groups in total. The summed E-state index contributed by atoms with van der Waals surface area (Å²) in [6.45, 7) is 4.11. The van der Waals surface area contributed by atoms with E-state index in [1.54, 1.807) is 73.1 Å². The van der Waals surface area contributed by atoms with E-state index in [0.29, 0.717) is 28.5 Å². The van der Waals surface area contributed by atoms with Gasteiger partial charge >= 0.3 is 0 Å². The highest BCUT2D eigenvalue weighted by Gasteiger charge is 2.46. The van der Waals surface area contributed by atoms with Crippen LogP contribution in [0.4, 0.5) is 0 Å². The predicted molar refractivity (Wildman–Crippen MR) is 126 cm³/mol. The van der Waals surface area contributed by atoms with E-state index in [-0.39, 0.29) is 17.9 Å². The number of carbonyl (C=O) groups is 2. The van der Waals surface area contributed by atoms with Crippen LogP contribution in [0.15, 0.2) is 91.3 Å². The first-order chi connectivity index (χ1) is 16.0. The number of nitrogens with zero attached hydrogens (tertiary/aromatic N) is 2. The molecule has 0 bridgehead atoms. The van der Waals surface area contributed by atoms with Gasteiger partial charge in [-0.05, 0) is 53.6 Å². The number of aliphatic hydroxyl groups is 1. The Morgan fingerprint density at radius 1 is 1.15 bits per heavy atom. The van der Waals surface area contributed by atoms with Crippen LogP contribution in [0.3, 0.4) is 0 Å². The van der Waals surface area contributed by atoms with Gasteiger partial charge in [-0.25, -0.2) is 0 Å². The maximum absolute atomic E-state index is 13.1. The summed E-state index contributed by atoms with van der Waals surface area (Å²) in [6, 6.07) is 16.3. The molecule has 3 aromatic rings. The number of pyridine rings is 1. The predicted octanol–water partition coefficient (Wildman–Crippen LogP) is 4.92. The average Bonchev–Trinajstić information content (AvgIpc) is 3.08. The molecule has 4 rings (SSSR count). The van der Waals surface area contributed by atoms with E-state index in [9.17, 15) is 14.7 Å². The van der Waals surface area contributed by atoms with Crippen LogP contribution < -0.4 is 4.74 Å². The minimum atomic E-state index is -0.812. The van der Waals surface area contributed by atoms with Gasteiger partial charge in [-0.1, -0.05) is 42.5 Å². The van der Waals surface area contributed by atoms with E-state index in [1.165, 1.54) is 4.90 Å². The molecule has 1 unspecified atom stereocenters. The number of Topliss-reactive ketones (excluding diaryl/α,β-unsaturated/α-hetero) is 1. The fraction of sp³-hybridized carbons (Fsp3) is 0.115. The lowest BCUT2D eigenvalue weighted by molar-refractivity contribution is -0.140. The number of ketones is 1. The Hall–Kier alpha value is -3.90. The summed E-state index contributed by atoms with van der Waals surface area (Å²) in [4.78, 5) is 31.8. The van der Waals surface area contributed by atoms with Crippen LogP contribution in [0, 0.1) is 0 Å². The number of amides is 1. The second kappa shape index (κ2) is 9.71. The zero-order chi connectivity index (χ0) is 23.4. The van der Waals surface area contributed by atoms with Crippen molar-refractivity contribution in [3.05, 3.63) is 113 Å². The summed E-state index contributed by atoms with van der Waals surface area (Å²) >= 11 is 5.97. The van der Waals surface area contributed by atoms with Crippen molar-refractivity contribution in [2.45, 2.75) is 12.6 Å². The molecule has 6 nitrogen and oxygen atoms in total. The first-order valence-corrected chi connectivity index (χ1v) is 10.6. The summed E-state index contributed by atoms with van der Waals surface area (Å²) in [5, 5.41) is 11.6. The Kier molecular flexibility index (Phi) is 6.56. The summed E-state index contributed by atoms with van der Waals surface area (Å²) in [5.41, 5.74) is 1.79. The number of ether oxygens (including phenoxy) is 1. The number of rotatable bonds is 7. The first-order valence-electron chi connectivity index (χ1n) is 10.3. The van der Waals surface area contributed by atoms with Gasteiger partial charge in [0.05, 0.1) is 11.6 Å². The molecule has 1 aromatic heterocycles. The molecule has 1 amide bonds. The van der Waals surface area contributed by atoms with Crippen molar-refractivity contribution in [2.75, 3.05) is 6.61 Å². The molecule has 1 aliphatic rings. The minimum absolute atomic E-state index is 0.00656. The van der Waals surface area contributed by atoms with Crippen LogP contribution in [0.1, 0.15) is 22.7 Å². The lowest BCUT2D eigenvalue weighted by atomic mass is 9.95. The van der Waals surface area contributed by atoms with Crippen molar-refractivity contribution in [2.24, 2.45) is 0 Å². The topological polar surface area (TPSA) is 79.7 Å². The first kappa shape index (κ1) is 22.3. The van der Waals surface area contributed by atoms with E-state index in [1.807, 2.05) is 6.07 Å². The van der Waals surface area contributed by atoms with Gasteiger partial charge in [0.15, 0.2) is 0 Å². The van der Waals surface area contributed by atoms with Crippen molar-refractivity contribution < 1.29 is 19.4 Å². The number of likely N-dealkylation sites (tertiary alicyclic amines) is 1. The quantitative estimate of drug-likeness (QED) is 0.234. The molecule has 1 aliphatic heterocycles. The summed E-state index contributed by atoms with van der Waals surface area (Å²) < 4.78 is 5.65. The standard InChI is InChI=1S/C26H21ClN2O4/c1-2-13-33-21-7-3-6-19(14-21)23-22(24(30)18-8-10-20(27)11-9-18)25(31)26(32)29(23)16-17-5-4-12-28-15-17/h2-12,14-15,23,30H,1,13,16H2/b24-22-. The average molecular weight is 461 g/mol. The fourth-order valence-corrected chi connectivity index (χ4v) is 3.90. The van der Waals surface area contributed by atoms with Crippen LogP contribution in [0.2, 0.25) is 5.02 Å². The number of hydrogen-bond acceptors (Lipinski definition) is 5. The molecule has 0 spiro atoms. The molecule has 1 saturated heterocycles. The van der Waals surface area contributed by atoms with Gasteiger partial charge in [0.25, 0.3) is 11.7 Å². The number of aliphatic hydroxyl groups excluding tert-OH is 1. The molecule has 7 heteroatoms. The van der Waals surface area contributed by atoms with Gasteiger partial charge in [-0.15, -0.1) is 0 Å². The molecular formula is C26H21ClN2O4. The summed E-state index contributed by atoms with van der Waals surface area (Å²) in [5.74, 6) is -1.16. The Morgan fingerprint density at radius 2 is 1.94 bits per heavy atom. The van der Waals surface area contributed by atoms with Gasteiger partial charge in [0, 0.05) is 29.5 Å².